The van der Waals surface area contributed by atoms with E-state index in [1.165, 1.54) is 13.3 Å². The number of rotatable bonds is 5. The highest BCUT2D eigenvalue weighted by atomic mass is 35.5. The van der Waals surface area contributed by atoms with Crippen molar-refractivity contribution in [3.8, 4) is 0 Å². The van der Waals surface area contributed by atoms with Crippen LogP contribution < -0.4 is 10.6 Å². The molecule has 0 unspecified atom stereocenters. The second-order valence-corrected chi connectivity index (χ2v) is 6.44. The number of hydrogen-bond donors (Lipinski definition) is 2. The van der Waals surface area contributed by atoms with Gasteiger partial charge in [0.15, 0.2) is 0 Å². The van der Waals surface area contributed by atoms with E-state index in [0.29, 0.717) is 27.6 Å². The number of aryl methyl sites for hydroxylation is 1. The fourth-order valence-corrected chi connectivity index (χ4v) is 2.82. The molecule has 0 fully saturated rings. The lowest BCUT2D eigenvalue weighted by Gasteiger charge is -2.11. The minimum absolute atomic E-state index is 0.265. The molecule has 0 aliphatic heterocycles. The molecule has 2 N–H and O–H groups in total. The molecule has 0 aliphatic rings. The third-order valence-corrected chi connectivity index (χ3v) is 4.28. The van der Waals surface area contributed by atoms with Crippen LogP contribution in [0.2, 0.25) is 5.02 Å². The van der Waals surface area contributed by atoms with Gasteiger partial charge < -0.3 is 15.4 Å². The van der Waals surface area contributed by atoms with Crippen molar-refractivity contribution < 1.29 is 14.3 Å². The summed E-state index contributed by atoms with van der Waals surface area (Å²) in [6.07, 6.45) is 1.53. The van der Waals surface area contributed by atoms with E-state index in [1.807, 2.05) is 6.92 Å². The number of anilines is 3. The van der Waals surface area contributed by atoms with Crippen LogP contribution in [-0.4, -0.2) is 24.0 Å². The number of carbonyl (C=O) groups excluding carboxylic acids is 2. The van der Waals surface area contributed by atoms with Gasteiger partial charge in [-0.2, -0.15) is 0 Å². The van der Waals surface area contributed by atoms with Gasteiger partial charge in [-0.3, -0.25) is 4.79 Å². The van der Waals surface area contributed by atoms with Gasteiger partial charge in [0.1, 0.15) is 5.69 Å². The molecule has 28 heavy (non-hydrogen) atoms. The summed E-state index contributed by atoms with van der Waals surface area (Å²) in [5.74, 6) is -0.766. The molecule has 0 saturated carbocycles. The first kappa shape index (κ1) is 19.4. The molecule has 2 aromatic carbocycles. The number of aromatic nitrogens is 1. The van der Waals surface area contributed by atoms with E-state index in [9.17, 15) is 9.59 Å². The van der Waals surface area contributed by atoms with Crippen LogP contribution in [0, 0.1) is 6.92 Å². The number of esters is 1. The molecule has 1 heterocycles. The van der Waals surface area contributed by atoms with E-state index in [0.717, 1.165) is 5.56 Å². The standard InChI is InChI=1S/C21H18ClN3O3/c1-13-11-14(22)7-9-17(13)25-20(26)19-10-8-15(12-23-19)24-18-6-4-3-5-16(18)21(27)28-2/h3-12,24H,1-2H3,(H,25,26). The summed E-state index contributed by atoms with van der Waals surface area (Å²) in [5.41, 5.74) is 3.43. The largest absolute Gasteiger partial charge is 0.465 e. The highest BCUT2D eigenvalue weighted by molar-refractivity contribution is 6.30. The van der Waals surface area contributed by atoms with Crippen molar-refractivity contribution in [2.75, 3.05) is 17.7 Å². The number of nitrogens with one attached hydrogen (secondary N) is 2. The van der Waals surface area contributed by atoms with E-state index < -0.39 is 5.97 Å². The molecular weight excluding hydrogens is 378 g/mol. The van der Waals surface area contributed by atoms with Crippen molar-refractivity contribution in [3.05, 3.63) is 82.6 Å². The van der Waals surface area contributed by atoms with Crippen molar-refractivity contribution in [3.63, 3.8) is 0 Å². The Morgan fingerprint density at radius 2 is 1.82 bits per heavy atom. The second kappa shape index (κ2) is 8.54. The molecule has 0 bridgehead atoms. The lowest BCUT2D eigenvalue weighted by molar-refractivity contribution is 0.0601. The molecule has 0 saturated heterocycles. The molecule has 6 nitrogen and oxygen atoms in total. The summed E-state index contributed by atoms with van der Waals surface area (Å²) < 4.78 is 4.78. The van der Waals surface area contributed by atoms with Gasteiger partial charge >= 0.3 is 5.97 Å². The van der Waals surface area contributed by atoms with E-state index in [2.05, 4.69) is 15.6 Å². The number of methoxy groups -OCH3 is 1. The fraction of sp³-hybridized carbons (Fsp3) is 0.0952. The van der Waals surface area contributed by atoms with Crippen LogP contribution in [0.3, 0.4) is 0 Å². The topological polar surface area (TPSA) is 80.3 Å². The van der Waals surface area contributed by atoms with E-state index in [4.69, 9.17) is 16.3 Å². The summed E-state index contributed by atoms with van der Waals surface area (Å²) in [6.45, 7) is 1.86. The normalized spacial score (nSPS) is 10.2. The van der Waals surface area contributed by atoms with Crippen molar-refractivity contribution in [1.29, 1.82) is 0 Å². The maximum absolute atomic E-state index is 12.4. The first-order chi connectivity index (χ1) is 13.5. The van der Waals surface area contributed by atoms with E-state index >= 15 is 0 Å². The molecule has 0 spiro atoms. The highest BCUT2D eigenvalue weighted by Crippen LogP contribution is 2.22. The lowest BCUT2D eigenvalue weighted by atomic mass is 10.1. The molecule has 0 radical (unpaired) electrons. The molecule has 3 rings (SSSR count). The molecule has 0 atom stereocenters. The maximum atomic E-state index is 12.4. The Morgan fingerprint density at radius 3 is 2.50 bits per heavy atom. The summed E-state index contributed by atoms with van der Waals surface area (Å²) >= 11 is 5.93. The number of carbonyl (C=O) groups is 2. The van der Waals surface area contributed by atoms with E-state index in [1.54, 1.807) is 54.6 Å². The Labute approximate surface area is 167 Å². The predicted octanol–water partition coefficient (Wildman–Crippen LogP) is 4.83. The highest BCUT2D eigenvalue weighted by Gasteiger charge is 2.12. The lowest BCUT2D eigenvalue weighted by Crippen LogP contribution is -2.14. The van der Waals surface area contributed by atoms with Crippen LogP contribution >= 0.6 is 11.6 Å². The summed E-state index contributed by atoms with van der Waals surface area (Å²) in [6, 6.07) is 15.5. The van der Waals surface area contributed by atoms with Gasteiger partial charge in [-0.25, -0.2) is 9.78 Å². The average molecular weight is 396 g/mol. The minimum atomic E-state index is -0.439. The van der Waals surface area contributed by atoms with Gasteiger partial charge in [0.05, 0.1) is 30.2 Å². The third-order valence-electron chi connectivity index (χ3n) is 4.04. The molecule has 7 heteroatoms. The van der Waals surface area contributed by atoms with Gasteiger partial charge in [0.25, 0.3) is 5.91 Å². The molecule has 142 valence electrons. The SMILES string of the molecule is COC(=O)c1ccccc1Nc1ccc(C(=O)Nc2ccc(Cl)cc2C)nc1. The number of ether oxygens (including phenoxy) is 1. The van der Waals surface area contributed by atoms with Gasteiger partial charge in [-0.1, -0.05) is 23.7 Å². The number of nitrogens with zero attached hydrogens (tertiary/aromatic N) is 1. The summed E-state index contributed by atoms with van der Waals surface area (Å²) in [4.78, 5) is 28.5. The molecule has 1 aromatic heterocycles. The molecule has 0 aliphatic carbocycles. The zero-order valence-corrected chi connectivity index (χ0v) is 16.1. The number of para-hydroxylation sites is 1. The molecule has 1 amide bonds. The number of amides is 1. The Hall–Kier alpha value is -3.38. The number of hydrogen-bond acceptors (Lipinski definition) is 5. The number of pyridine rings is 1. The number of benzene rings is 2. The molecule has 3 aromatic rings. The Bertz CT molecular complexity index is 1020. The zero-order chi connectivity index (χ0) is 20.1. The van der Waals surface area contributed by atoms with Crippen LogP contribution in [0.4, 0.5) is 17.1 Å². The van der Waals surface area contributed by atoms with Crippen LogP contribution in [0.5, 0.6) is 0 Å². The van der Waals surface area contributed by atoms with Crippen molar-refractivity contribution >= 4 is 40.5 Å². The van der Waals surface area contributed by atoms with Crippen molar-refractivity contribution in [2.45, 2.75) is 6.92 Å². The minimum Gasteiger partial charge on any atom is -0.465 e. The van der Waals surface area contributed by atoms with Crippen molar-refractivity contribution in [1.82, 2.24) is 4.98 Å². The van der Waals surface area contributed by atoms with Crippen LogP contribution in [0.25, 0.3) is 0 Å². The number of halogens is 1. The van der Waals surface area contributed by atoms with Gasteiger partial charge in [-0.15, -0.1) is 0 Å². The maximum Gasteiger partial charge on any atom is 0.339 e. The first-order valence-corrected chi connectivity index (χ1v) is 8.83. The third kappa shape index (κ3) is 4.47. The van der Waals surface area contributed by atoms with Gasteiger partial charge in [0.2, 0.25) is 0 Å². The Morgan fingerprint density at radius 1 is 1.04 bits per heavy atom. The second-order valence-electron chi connectivity index (χ2n) is 6.01. The predicted molar refractivity (Wildman–Crippen MR) is 109 cm³/mol. The fourth-order valence-electron chi connectivity index (χ4n) is 2.59. The summed E-state index contributed by atoms with van der Waals surface area (Å²) in [5, 5.41) is 6.53. The van der Waals surface area contributed by atoms with Crippen LogP contribution in [0.1, 0.15) is 26.4 Å². The average Bonchev–Trinajstić information content (AvgIpc) is 2.70. The van der Waals surface area contributed by atoms with Gasteiger partial charge in [-0.05, 0) is 55.0 Å². The summed E-state index contributed by atoms with van der Waals surface area (Å²) in [7, 11) is 1.33. The van der Waals surface area contributed by atoms with E-state index in [-0.39, 0.29) is 11.6 Å². The smallest absolute Gasteiger partial charge is 0.339 e. The van der Waals surface area contributed by atoms with Crippen LogP contribution in [0.15, 0.2) is 60.8 Å². The quantitative estimate of drug-likeness (QED) is 0.605. The first-order valence-electron chi connectivity index (χ1n) is 8.46. The van der Waals surface area contributed by atoms with Crippen LogP contribution in [-0.2, 0) is 4.74 Å². The van der Waals surface area contributed by atoms with Crippen molar-refractivity contribution in [2.24, 2.45) is 0 Å². The monoisotopic (exact) mass is 395 g/mol. The Kier molecular flexibility index (Phi) is 5.91. The Balaban J connectivity index is 1.73. The molecular formula is C21H18ClN3O3. The zero-order valence-electron chi connectivity index (χ0n) is 15.3. The van der Waals surface area contributed by atoms with Gasteiger partial charge in [0, 0.05) is 10.7 Å².